The van der Waals surface area contributed by atoms with Gasteiger partial charge in [-0.05, 0) is 42.0 Å². The van der Waals surface area contributed by atoms with Crippen molar-refractivity contribution in [3.63, 3.8) is 0 Å². The molecule has 0 fully saturated rings. The highest BCUT2D eigenvalue weighted by Gasteiger charge is 2.07. The molecule has 0 radical (unpaired) electrons. The highest BCUT2D eigenvalue weighted by atomic mass is 16.1. The maximum absolute atomic E-state index is 12.1. The van der Waals surface area contributed by atoms with E-state index in [2.05, 4.69) is 15.3 Å². The predicted molar refractivity (Wildman–Crippen MR) is 101 cm³/mol. The zero-order valence-corrected chi connectivity index (χ0v) is 14.0. The van der Waals surface area contributed by atoms with Crippen LogP contribution >= 0.6 is 0 Å². The van der Waals surface area contributed by atoms with Crippen LogP contribution in [-0.4, -0.2) is 20.4 Å². The summed E-state index contributed by atoms with van der Waals surface area (Å²) >= 11 is 0. The summed E-state index contributed by atoms with van der Waals surface area (Å²) in [5, 5.41) is 2.92. The van der Waals surface area contributed by atoms with Crippen molar-refractivity contribution in [1.82, 2.24) is 19.9 Å². The standard InChI is InChI=1S/C20H17N5O/c21-18-11-10-17-19(24-18)23-13-25(17)16-8-6-14(7-9-16)12-22-20(26)15-4-2-1-3-5-15/h1-11,13H,12H2,(H2,21,24)(H,22,26). The average molecular weight is 343 g/mol. The van der Waals surface area contributed by atoms with Crippen molar-refractivity contribution >= 4 is 22.9 Å². The third-order valence-electron chi connectivity index (χ3n) is 4.13. The van der Waals surface area contributed by atoms with Crippen LogP contribution in [-0.2, 0) is 6.54 Å². The molecule has 0 aliphatic heterocycles. The number of nitrogens with zero attached hydrogens (tertiary/aromatic N) is 3. The van der Waals surface area contributed by atoms with Gasteiger partial charge in [0.2, 0.25) is 0 Å². The van der Waals surface area contributed by atoms with Gasteiger partial charge in [-0.15, -0.1) is 0 Å². The van der Waals surface area contributed by atoms with Crippen LogP contribution in [0.4, 0.5) is 5.82 Å². The fraction of sp³-hybridized carbons (Fsp3) is 0.0500. The first-order valence-corrected chi connectivity index (χ1v) is 8.23. The summed E-state index contributed by atoms with van der Waals surface area (Å²) in [7, 11) is 0. The van der Waals surface area contributed by atoms with Crippen molar-refractivity contribution < 1.29 is 4.79 Å². The number of hydrogen-bond acceptors (Lipinski definition) is 4. The number of benzene rings is 2. The van der Waals surface area contributed by atoms with Crippen LogP contribution in [0.5, 0.6) is 0 Å². The van der Waals surface area contributed by atoms with E-state index in [-0.39, 0.29) is 5.91 Å². The number of aromatic nitrogens is 3. The number of carbonyl (C=O) groups is 1. The Morgan fingerprint density at radius 2 is 1.77 bits per heavy atom. The van der Waals surface area contributed by atoms with Crippen molar-refractivity contribution in [3.05, 3.63) is 84.2 Å². The second-order valence-corrected chi connectivity index (χ2v) is 5.91. The Hall–Kier alpha value is -3.67. The molecule has 2 heterocycles. The van der Waals surface area contributed by atoms with Gasteiger partial charge in [-0.1, -0.05) is 30.3 Å². The number of anilines is 1. The summed E-state index contributed by atoms with van der Waals surface area (Å²) in [6.07, 6.45) is 1.73. The van der Waals surface area contributed by atoms with E-state index in [4.69, 9.17) is 5.73 Å². The van der Waals surface area contributed by atoms with Gasteiger partial charge in [0, 0.05) is 17.8 Å². The molecule has 128 valence electrons. The smallest absolute Gasteiger partial charge is 0.251 e. The molecule has 0 bridgehead atoms. The number of pyridine rings is 1. The molecule has 4 aromatic rings. The Morgan fingerprint density at radius 3 is 2.54 bits per heavy atom. The topological polar surface area (TPSA) is 85.8 Å². The average Bonchev–Trinajstić information content (AvgIpc) is 3.10. The first-order valence-electron chi connectivity index (χ1n) is 8.23. The summed E-state index contributed by atoms with van der Waals surface area (Å²) in [5.41, 5.74) is 9.85. The molecule has 0 aliphatic carbocycles. The quantitative estimate of drug-likeness (QED) is 0.596. The maximum Gasteiger partial charge on any atom is 0.251 e. The van der Waals surface area contributed by atoms with Gasteiger partial charge in [-0.2, -0.15) is 0 Å². The minimum atomic E-state index is -0.0843. The van der Waals surface area contributed by atoms with Gasteiger partial charge in [0.25, 0.3) is 5.91 Å². The highest BCUT2D eigenvalue weighted by molar-refractivity contribution is 5.94. The van der Waals surface area contributed by atoms with E-state index in [1.54, 1.807) is 24.5 Å². The van der Waals surface area contributed by atoms with Gasteiger partial charge in [0.05, 0.1) is 5.52 Å². The van der Waals surface area contributed by atoms with E-state index >= 15 is 0 Å². The van der Waals surface area contributed by atoms with Crippen molar-refractivity contribution in [1.29, 1.82) is 0 Å². The second kappa shape index (κ2) is 6.68. The number of nitrogen functional groups attached to an aromatic ring is 1. The van der Waals surface area contributed by atoms with Gasteiger partial charge in [-0.3, -0.25) is 9.36 Å². The molecule has 26 heavy (non-hydrogen) atoms. The number of rotatable bonds is 4. The van der Waals surface area contributed by atoms with Crippen LogP contribution < -0.4 is 11.1 Å². The molecule has 0 atom stereocenters. The molecule has 2 aromatic heterocycles. The highest BCUT2D eigenvalue weighted by Crippen LogP contribution is 2.18. The molecule has 0 aliphatic rings. The number of fused-ring (bicyclic) bond motifs is 1. The second-order valence-electron chi connectivity index (χ2n) is 5.91. The monoisotopic (exact) mass is 343 g/mol. The van der Waals surface area contributed by atoms with Crippen LogP contribution in [0.3, 0.4) is 0 Å². The molecule has 6 heteroatoms. The van der Waals surface area contributed by atoms with E-state index in [0.717, 1.165) is 16.8 Å². The summed E-state index contributed by atoms with van der Waals surface area (Å²) in [6, 6.07) is 20.8. The third kappa shape index (κ3) is 3.12. The van der Waals surface area contributed by atoms with E-state index in [1.807, 2.05) is 53.1 Å². The molecule has 0 spiro atoms. The maximum atomic E-state index is 12.1. The summed E-state index contributed by atoms with van der Waals surface area (Å²) in [6.45, 7) is 0.469. The van der Waals surface area contributed by atoms with Gasteiger partial charge < -0.3 is 11.1 Å². The van der Waals surface area contributed by atoms with E-state index < -0.39 is 0 Å². The van der Waals surface area contributed by atoms with Crippen LogP contribution in [0, 0.1) is 0 Å². The molecule has 3 N–H and O–H groups in total. The number of imidazole rings is 1. The van der Waals surface area contributed by atoms with Crippen LogP contribution in [0.15, 0.2) is 73.1 Å². The predicted octanol–water partition coefficient (Wildman–Crippen LogP) is 2.93. The zero-order valence-electron chi connectivity index (χ0n) is 14.0. The van der Waals surface area contributed by atoms with Crippen LogP contribution in [0.25, 0.3) is 16.9 Å². The number of hydrogen-bond donors (Lipinski definition) is 2. The number of nitrogens with one attached hydrogen (secondary N) is 1. The zero-order chi connectivity index (χ0) is 17.9. The Bertz CT molecular complexity index is 1050. The Labute approximate surface area is 150 Å². The van der Waals surface area contributed by atoms with Crippen LogP contribution in [0.2, 0.25) is 0 Å². The molecular formula is C20H17N5O. The van der Waals surface area contributed by atoms with Crippen molar-refractivity contribution in [2.45, 2.75) is 6.54 Å². The molecule has 6 nitrogen and oxygen atoms in total. The third-order valence-corrected chi connectivity index (χ3v) is 4.13. The minimum absolute atomic E-state index is 0.0843. The molecular weight excluding hydrogens is 326 g/mol. The molecule has 0 unspecified atom stereocenters. The Morgan fingerprint density at radius 1 is 1.00 bits per heavy atom. The van der Waals surface area contributed by atoms with Gasteiger partial charge in [0.15, 0.2) is 5.65 Å². The van der Waals surface area contributed by atoms with E-state index in [1.165, 1.54) is 0 Å². The van der Waals surface area contributed by atoms with Crippen LogP contribution in [0.1, 0.15) is 15.9 Å². The van der Waals surface area contributed by atoms with Crippen molar-refractivity contribution in [2.75, 3.05) is 5.73 Å². The molecule has 0 saturated carbocycles. The van der Waals surface area contributed by atoms with E-state index in [0.29, 0.717) is 23.6 Å². The molecule has 1 amide bonds. The lowest BCUT2D eigenvalue weighted by Crippen LogP contribution is -2.22. The number of carbonyl (C=O) groups excluding carboxylic acids is 1. The summed E-state index contributed by atoms with van der Waals surface area (Å²) < 4.78 is 1.95. The minimum Gasteiger partial charge on any atom is -0.384 e. The first kappa shape index (κ1) is 15.8. The number of amides is 1. The van der Waals surface area contributed by atoms with Gasteiger partial charge in [-0.25, -0.2) is 9.97 Å². The molecule has 4 rings (SSSR count). The first-order chi connectivity index (χ1) is 12.7. The van der Waals surface area contributed by atoms with Gasteiger partial charge >= 0.3 is 0 Å². The molecule has 0 saturated heterocycles. The molecule has 2 aromatic carbocycles. The largest absolute Gasteiger partial charge is 0.384 e. The lowest BCUT2D eigenvalue weighted by atomic mass is 10.2. The lowest BCUT2D eigenvalue weighted by Gasteiger charge is -2.08. The fourth-order valence-corrected chi connectivity index (χ4v) is 2.77. The summed E-state index contributed by atoms with van der Waals surface area (Å²) in [4.78, 5) is 20.6. The Balaban J connectivity index is 1.49. The SMILES string of the molecule is Nc1ccc2c(ncn2-c2ccc(CNC(=O)c3ccccc3)cc2)n1. The van der Waals surface area contributed by atoms with Gasteiger partial charge in [0.1, 0.15) is 12.1 Å². The normalized spacial score (nSPS) is 10.8. The Kier molecular flexibility index (Phi) is 4.07. The fourth-order valence-electron chi connectivity index (χ4n) is 2.77. The lowest BCUT2D eigenvalue weighted by molar-refractivity contribution is 0.0951. The number of nitrogens with two attached hydrogens (primary N) is 1. The van der Waals surface area contributed by atoms with Crippen molar-refractivity contribution in [3.8, 4) is 5.69 Å². The van der Waals surface area contributed by atoms with E-state index in [9.17, 15) is 4.79 Å². The summed E-state index contributed by atoms with van der Waals surface area (Å²) in [5.74, 6) is 0.367. The van der Waals surface area contributed by atoms with Crippen molar-refractivity contribution in [2.24, 2.45) is 0 Å².